The van der Waals surface area contributed by atoms with Gasteiger partial charge in [-0.25, -0.2) is 4.79 Å². The van der Waals surface area contributed by atoms with Gasteiger partial charge in [-0.15, -0.1) is 5.06 Å². The molecule has 2 heterocycles. The average Bonchev–Trinajstić information content (AvgIpc) is 2.85. The second-order valence-corrected chi connectivity index (χ2v) is 7.85. The lowest BCUT2D eigenvalue weighted by Gasteiger charge is -2.29. The molecule has 2 amide bonds. The molecule has 2 rings (SSSR count). The first kappa shape index (κ1) is 20.6. The van der Waals surface area contributed by atoms with E-state index >= 15 is 0 Å². The molecule has 9 heteroatoms. The third-order valence-corrected chi connectivity index (χ3v) is 4.21. The third kappa shape index (κ3) is 6.22. The van der Waals surface area contributed by atoms with Crippen LogP contribution in [0, 0.1) is 5.41 Å². The summed E-state index contributed by atoms with van der Waals surface area (Å²) in [5, 5.41) is 6.81. The fourth-order valence-electron chi connectivity index (χ4n) is 2.86. The molecule has 0 unspecified atom stereocenters. The van der Waals surface area contributed by atoms with Crippen LogP contribution < -0.4 is 10.6 Å². The van der Waals surface area contributed by atoms with Crippen LogP contribution >= 0.6 is 0 Å². The van der Waals surface area contributed by atoms with Gasteiger partial charge in [0.2, 0.25) is 5.91 Å². The summed E-state index contributed by atoms with van der Waals surface area (Å²) in [6.07, 6.45) is -0.687. The van der Waals surface area contributed by atoms with Gasteiger partial charge in [-0.1, -0.05) is 20.8 Å². The van der Waals surface area contributed by atoms with Gasteiger partial charge in [-0.3, -0.25) is 9.59 Å². The quantitative estimate of drug-likeness (QED) is 0.713. The van der Waals surface area contributed by atoms with Gasteiger partial charge in [0.05, 0.1) is 32.4 Å². The molecule has 0 spiro atoms. The Morgan fingerprint density at radius 1 is 1.31 bits per heavy atom. The van der Waals surface area contributed by atoms with Crippen molar-refractivity contribution in [2.45, 2.75) is 52.3 Å². The lowest BCUT2D eigenvalue weighted by molar-refractivity contribution is -0.147. The number of hydrogen-bond donors (Lipinski definition) is 2. The van der Waals surface area contributed by atoms with Gasteiger partial charge in [0.15, 0.2) is 5.78 Å². The Morgan fingerprint density at radius 2 is 1.96 bits per heavy atom. The highest BCUT2D eigenvalue weighted by Gasteiger charge is 2.36. The number of rotatable bonds is 5. The SMILES string of the molecule is C[C@@H]1OCC(=O)[C@H]1NC(=O)[C@H](CC(C)(C)C)NC(=O)ON1CCOCC1. The maximum atomic E-state index is 12.7. The molecule has 2 N–H and O–H groups in total. The maximum Gasteiger partial charge on any atom is 0.426 e. The highest BCUT2D eigenvalue weighted by atomic mass is 16.7. The summed E-state index contributed by atoms with van der Waals surface area (Å²) in [5.74, 6) is -0.592. The van der Waals surface area contributed by atoms with Crippen LogP contribution in [0.1, 0.15) is 34.1 Å². The number of ketones is 1. The number of carbonyl (C=O) groups is 3. The molecule has 9 nitrogen and oxygen atoms in total. The van der Waals surface area contributed by atoms with Crippen LogP contribution in [-0.4, -0.2) is 73.9 Å². The second-order valence-electron chi connectivity index (χ2n) is 7.85. The molecule has 0 radical (unpaired) electrons. The molecule has 0 aromatic heterocycles. The van der Waals surface area contributed by atoms with Gasteiger partial charge in [0, 0.05) is 0 Å². The van der Waals surface area contributed by atoms with Crippen molar-refractivity contribution in [2.24, 2.45) is 5.41 Å². The summed E-state index contributed by atoms with van der Waals surface area (Å²) in [5.41, 5.74) is -0.212. The van der Waals surface area contributed by atoms with Crippen molar-refractivity contribution < 1.29 is 28.7 Å². The monoisotopic (exact) mass is 371 g/mol. The van der Waals surface area contributed by atoms with E-state index in [1.807, 2.05) is 20.8 Å². The summed E-state index contributed by atoms with van der Waals surface area (Å²) in [6.45, 7) is 9.56. The van der Waals surface area contributed by atoms with Gasteiger partial charge < -0.3 is 24.9 Å². The molecular weight excluding hydrogens is 342 g/mol. The van der Waals surface area contributed by atoms with E-state index in [-0.39, 0.29) is 23.9 Å². The first-order chi connectivity index (χ1) is 12.2. The van der Waals surface area contributed by atoms with Crippen LogP contribution in [0.2, 0.25) is 0 Å². The Bertz CT molecular complexity index is 527. The maximum absolute atomic E-state index is 12.7. The zero-order valence-electron chi connectivity index (χ0n) is 15.9. The number of amides is 2. The number of ether oxygens (including phenoxy) is 2. The molecule has 148 valence electrons. The summed E-state index contributed by atoms with van der Waals surface area (Å²) in [4.78, 5) is 41.9. The number of morpholine rings is 1. The smallest absolute Gasteiger partial charge is 0.379 e. The predicted molar refractivity (Wildman–Crippen MR) is 92.2 cm³/mol. The van der Waals surface area contributed by atoms with Crippen LogP contribution in [0.4, 0.5) is 4.79 Å². The van der Waals surface area contributed by atoms with E-state index < -0.39 is 24.1 Å². The van der Waals surface area contributed by atoms with Crippen LogP contribution in [0.5, 0.6) is 0 Å². The van der Waals surface area contributed by atoms with Crippen molar-refractivity contribution in [3.8, 4) is 0 Å². The molecule has 0 aromatic carbocycles. The van der Waals surface area contributed by atoms with E-state index in [4.69, 9.17) is 14.3 Å². The van der Waals surface area contributed by atoms with Crippen LogP contribution in [0.3, 0.4) is 0 Å². The van der Waals surface area contributed by atoms with E-state index in [1.54, 1.807) is 6.92 Å². The summed E-state index contributed by atoms with van der Waals surface area (Å²) in [6, 6.07) is -1.51. The van der Waals surface area contributed by atoms with Crippen LogP contribution in [0.25, 0.3) is 0 Å². The molecule has 2 saturated heterocycles. The van der Waals surface area contributed by atoms with Gasteiger partial charge in [-0.05, 0) is 18.8 Å². The average molecular weight is 371 g/mol. The zero-order valence-corrected chi connectivity index (χ0v) is 15.9. The molecule has 0 aliphatic carbocycles. The third-order valence-electron chi connectivity index (χ3n) is 4.21. The van der Waals surface area contributed by atoms with E-state index in [0.29, 0.717) is 32.7 Å². The normalized spacial score (nSPS) is 25.6. The van der Waals surface area contributed by atoms with Gasteiger partial charge in [0.25, 0.3) is 0 Å². The van der Waals surface area contributed by atoms with Crippen molar-refractivity contribution in [1.29, 1.82) is 0 Å². The van der Waals surface area contributed by atoms with E-state index in [0.717, 1.165) is 0 Å². The van der Waals surface area contributed by atoms with Crippen LogP contribution in [-0.2, 0) is 23.9 Å². The Hall–Kier alpha value is -1.71. The summed E-state index contributed by atoms with van der Waals surface area (Å²) >= 11 is 0. The summed E-state index contributed by atoms with van der Waals surface area (Å²) < 4.78 is 10.4. The minimum absolute atomic E-state index is 0.0114. The van der Waals surface area contributed by atoms with Crippen molar-refractivity contribution >= 4 is 17.8 Å². The minimum Gasteiger partial charge on any atom is -0.379 e. The fourth-order valence-corrected chi connectivity index (χ4v) is 2.86. The minimum atomic E-state index is -0.816. The van der Waals surface area contributed by atoms with Gasteiger partial charge in [0.1, 0.15) is 18.7 Å². The Morgan fingerprint density at radius 3 is 2.50 bits per heavy atom. The topological polar surface area (TPSA) is 106 Å². The number of nitrogens with zero attached hydrogens (tertiary/aromatic N) is 1. The number of hydrogen-bond acceptors (Lipinski definition) is 7. The lowest BCUT2D eigenvalue weighted by atomic mass is 9.87. The largest absolute Gasteiger partial charge is 0.426 e. The number of nitrogens with one attached hydrogen (secondary N) is 2. The van der Waals surface area contributed by atoms with E-state index in [1.165, 1.54) is 5.06 Å². The molecule has 0 saturated carbocycles. The number of carbonyl (C=O) groups excluding carboxylic acids is 3. The fraction of sp³-hybridized carbons (Fsp3) is 0.824. The Balaban J connectivity index is 1.96. The molecule has 0 bridgehead atoms. The number of Topliss-reactive ketones (excluding diaryl/α,β-unsaturated/α-hetero) is 1. The molecule has 2 aliphatic heterocycles. The molecule has 3 atom stereocenters. The molecule has 0 aromatic rings. The molecule has 2 aliphatic rings. The van der Waals surface area contributed by atoms with Crippen molar-refractivity contribution in [1.82, 2.24) is 15.7 Å². The van der Waals surface area contributed by atoms with Crippen molar-refractivity contribution in [2.75, 3.05) is 32.9 Å². The lowest BCUT2D eigenvalue weighted by Crippen LogP contribution is -2.54. The first-order valence-corrected chi connectivity index (χ1v) is 8.91. The molecular formula is C17H29N3O6. The van der Waals surface area contributed by atoms with E-state index in [9.17, 15) is 14.4 Å². The summed E-state index contributed by atoms with van der Waals surface area (Å²) in [7, 11) is 0. The van der Waals surface area contributed by atoms with Gasteiger partial charge >= 0.3 is 6.09 Å². The molecule has 2 fully saturated rings. The van der Waals surface area contributed by atoms with Gasteiger partial charge in [-0.2, -0.15) is 0 Å². The highest BCUT2D eigenvalue weighted by molar-refractivity contribution is 5.94. The number of hydroxylamine groups is 2. The molecule has 26 heavy (non-hydrogen) atoms. The zero-order chi connectivity index (χ0) is 19.3. The Kier molecular flexibility index (Phi) is 6.96. The first-order valence-electron chi connectivity index (χ1n) is 8.91. The standard InChI is InChI=1S/C17H29N3O6/c1-11-14(13(21)10-25-11)19-15(22)12(9-17(2,3)4)18-16(23)26-20-5-7-24-8-6-20/h11-12,14H,5-10H2,1-4H3,(H,18,23)(H,19,22)/t11-,12-,14-/m0/s1. The Labute approximate surface area is 153 Å². The predicted octanol–water partition coefficient (Wildman–Crippen LogP) is 0.237. The van der Waals surface area contributed by atoms with E-state index in [2.05, 4.69) is 10.6 Å². The van der Waals surface area contributed by atoms with Crippen molar-refractivity contribution in [3.63, 3.8) is 0 Å². The highest BCUT2D eigenvalue weighted by Crippen LogP contribution is 2.21. The van der Waals surface area contributed by atoms with Crippen molar-refractivity contribution in [3.05, 3.63) is 0 Å². The second kappa shape index (κ2) is 8.79. The van der Waals surface area contributed by atoms with Crippen LogP contribution in [0.15, 0.2) is 0 Å².